The number of aldehydes is 1. The molecular weight excluding hydrogens is 953 g/mol. The standard InChI is InChI=1S/2C13H16O2.C13H16O.C11H20O4.C8H16O2.C4H8O2/c1-11(2)10-15-13(14)9-8-12-6-4-3-5-7-12;1-2-3-11-15-13(14)10-9-12-7-5-4-6-8-12;1-2-3-7-13(10-11-14)12-8-5-4-6-9-12;1-4-6-8-15-10(13)11(3,14)9(12)7-5-2;1-6(2)5-10-8(9)7(3)4;1-3(2)4(5)6/h3-9,11H,10H2,1-2H3;4-10H,2-3,11H2,1H3;4-6,8-11H,2-3,7H2,1H3;14H,4-8H2,1-3H3;6-7H,5H2,1-4H3;3H,1-2H3,(H,5,6). The van der Waals surface area contributed by atoms with E-state index in [4.69, 9.17) is 24.1 Å². The number of Topliss-reactive ketones (excluding diaryl/α,β-unsaturated/α-hetero) is 1. The van der Waals surface area contributed by atoms with Gasteiger partial charge in [-0.3, -0.25) is 19.2 Å². The summed E-state index contributed by atoms with van der Waals surface area (Å²) >= 11 is 0. The molecule has 13 nitrogen and oxygen atoms in total. The number of carbonyl (C=O) groups excluding carboxylic acids is 6. The largest absolute Gasteiger partial charge is 0.481 e. The predicted molar refractivity (Wildman–Crippen MR) is 302 cm³/mol. The first kappa shape index (κ1) is 72.8. The Kier molecular flexibility index (Phi) is 45.9. The molecule has 0 bridgehead atoms. The molecule has 0 saturated carbocycles. The Hall–Kier alpha value is -6.47. The molecule has 0 radical (unpaired) electrons. The Balaban J connectivity index is -0.000000845. The van der Waals surface area contributed by atoms with Gasteiger partial charge in [-0.1, -0.05) is 193 Å². The maximum absolute atomic E-state index is 11.4. The topological polar surface area (TPSA) is 197 Å². The van der Waals surface area contributed by atoms with Crippen molar-refractivity contribution in [1.29, 1.82) is 0 Å². The van der Waals surface area contributed by atoms with E-state index in [0.29, 0.717) is 38.1 Å². The molecule has 75 heavy (non-hydrogen) atoms. The fourth-order valence-electron chi connectivity index (χ4n) is 4.99. The Labute approximate surface area is 450 Å². The fraction of sp³-hybridized carbons (Fsp3) is 0.500. The number of carboxylic acids is 1. The molecule has 0 amide bonds. The van der Waals surface area contributed by atoms with Crippen molar-refractivity contribution in [3.63, 3.8) is 0 Å². The van der Waals surface area contributed by atoms with Gasteiger partial charge in [-0.05, 0) is 91.4 Å². The van der Waals surface area contributed by atoms with E-state index in [9.17, 15) is 38.7 Å². The van der Waals surface area contributed by atoms with E-state index in [2.05, 4.69) is 13.8 Å². The molecule has 1 unspecified atom stereocenters. The lowest BCUT2D eigenvalue weighted by Gasteiger charge is -2.19. The summed E-state index contributed by atoms with van der Waals surface area (Å²) in [5.74, 6) is -2.14. The summed E-state index contributed by atoms with van der Waals surface area (Å²) < 4.78 is 19.7. The first-order valence-corrected chi connectivity index (χ1v) is 26.4. The molecular formula is C62H92O13. The number of ketones is 1. The van der Waals surface area contributed by atoms with Crippen LogP contribution in [0.25, 0.3) is 17.7 Å². The van der Waals surface area contributed by atoms with Gasteiger partial charge in [-0.15, -0.1) is 0 Å². The Morgan fingerprint density at radius 2 is 0.960 bits per heavy atom. The SMILES string of the molecule is CC(C)C(=O)O.CC(C)COC(=O)C(C)C.CC(C)COC(=O)C=Cc1ccccc1.CCCCC(=CC=O)c1ccccc1.CCCCOC(=O)C(C)(O)C(=O)CCC.CCCCOC(=O)C=Cc1ccccc1. The molecule has 418 valence electrons. The van der Waals surface area contributed by atoms with Crippen LogP contribution in [0.4, 0.5) is 0 Å². The zero-order valence-corrected chi connectivity index (χ0v) is 47.5. The van der Waals surface area contributed by atoms with Crippen LogP contribution in [0.5, 0.6) is 0 Å². The number of ether oxygens (including phenoxy) is 4. The van der Waals surface area contributed by atoms with E-state index in [1.165, 1.54) is 19.1 Å². The number of rotatable bonds is 25. The average Bonchev–Trinajstić information content (AvgIpc) is 3.39. The number of esters is 4. The number of carboxylic acid groups (broad SMARTS) is 1. The van der Waals surface area contributed by atoms with Crippen LogP contribution >= 0.6 is 0 Å². The quantitative estimate of drug-likeness (QED) is 0.0203. The van der Waals surface area contributed by atoms with Crippen LogP contribution in [0.1, 0.15) is 164 Å². The van der Waals surface area contributed by atoms with Crippen molar-refractivity contribution >= 4 is 59.6 Å². The van der Waals surface area contributed by atoms with Crippen LogP contribution in [-0.2, 0) is 52.5 Å². The van der Waals surface area contributed by atoms with Crippen molar-refractivity contribution in [3.05, 3.63) is 126 Å². The van der Waals surface area contributed by atoms with Crippen LogP contribution in [0.15, 0.2) is 109 Å². The Morgan fingerprint density at radius 1 is 0.547 bits per heavy atom. The van der Waals surface area contributed by atoms with Gasteiger partial charge >= 0.3 is 29.8 Å². The van der Waals surface area contributed by atoms with Gasteiger partial charge in [-0.2, -0.15) is 0 Å². The molecule has 0 fully saturated rings. The number of allylic oxidation sites excluding steroid dienone is 2. The summed E-state index contributed by atoms with van der Waals surface area (Å²) in [7, 11) is 0. The molecule has 1 atom stereocenters. The first-order chi connectivity index (χ1) is 35.5. The molecule has 3 aromatic rings. The second-order valence-electron chi connectivity index (χ2n) is 18.7. The molecule has 0 aliphatic carbocycles. The molecule has 13 heteroatoms. The minimum absolute atomic E-state index is 0.00116. The fourth-order valence-corrected chi connectivity index (χ4v) is 4.99. The second kappa shape index (κ2) is 47.3. The summed E-state index contributed by atoms with van der Waals surface area (Å²) in [4.78, 5) is 76.1. The van der Waals surface area contributed by atoms with Gasteiger partial charge in [0.15, 0.2) is 5.78 Å². The average molecular weight is 1050 g/mol. The molecule has 0 heterocycles. The van der Waals surface area contributed by atoms with E-state index in [1.54, 1.807) is 32.1 Å². The lowest BCUT2D eigenvalue weighted by Crippen LogP contribution is -2.44. The third-order valence-electron chi connectivity index (χ3n) is 9.61. The monoisotopic (exact) mass is 1040 g/mol. The van der Waals surface area contributed by atoms with Crippen molar-refractivity contribution in [3.8, 4) is 0 Å². The Bertz CT molecular complexity index is 2050. The van der Waals surface area contributed by atoms with Crippen LogP contribution in [-0.4, -0.2) is 84.2 Å². The number of carbonyl (C=O) groups is 7. The molecule has 0 aliphatic heterocycles. The lowest BCUT2D eigenvalue weighted by molar-refractivity contribution is -0.169. The summed E-state index contributed by atoms with van der Waals surface area (Å²) in [6, 6.07) is 29.4. The second-order valence-corrected chi connectivity index (χ2v) is 18.7. The van der Waals surface area contributed by atoms with Gasteiger partial charge in [0.05, 0.1) is 38.3 Å². The van der Waals surface area contributed by atoms with Crippen molar-refractivity contribution in [2.24, 2.45) is 23.7 Å². The summed E-state index contributed by atoms with van der Waals surface area (Å²) in [5, 5.41) is 17.6. The molecule has 0 aliphatic rings. The van der Waals surface area contributed by atoms with E-state index in [0.717, 1.165) is 73.5 Å². The zero-order valence-electron chi connectivity index (χ0n) is 47.5. The maximum Gasteiger partial charge on any atom is 0.345 e. The summed E-state index contributed by atoms with van der Waals surface area (Å²) in [6.45, 7) is 26.0. The highest BCUT2D eigenvalue weighted by Crippen LogP contribution is 2.20. The van der Waals surface area contributed by atoms with Gasteiger partial charge in [0, 0.05) is 18.6 Å². The maximum atomic E-state index is 11.4. The van der Waals surface area contributed by atoms with Crippen molar-refractivity contribution in [2.75, 3.05) is 26.4 Å². The third kappa shape index (κ3) is 43.6. The number of aliphatic hydroxyl groups is 1. The van der Waals surface area contributed by atoms with Gasteiger partial charge in [-0.25, -0.2) is 14.4 Å². The normalized spacial score (nSPS) is 11.4. The van der Waals surface area contributed by atoms with Crippen molar-refractivity contribution in [2.45, 2.75) is 153 Å². The highest BCUT2D eigenvalue weighted by molar-refractivity contribution is 6.06. The van der Waals surface area contributed by atoms with Crippen molar-refractivity contribution < 1.29 is 62.7 Å². The zero-order chi connectivity index (χ0) is 57.5. The van der Waals surface area contributed by atoms with Gasteiger partial charge in [0.25, 0.3) is 0 Å². The minimum atomic E-state index is -1.98. The number of aliphatic carboxylic acids is 1. The van der Waals surface area contributed by atoms with Crippen LogP contribution in [0.2, 0.25) is 0 Å². The summed E-state index contributed by atoms with van der Waals surface area (Å²) in [5.41, 5.74) is 2.32. The first-order valence-electron chi connectivity index (χ1n) is 26.4. The van der Waals surface area contributed by atoms with Gasteiger partial charge < -0.3 is 29.2 Å². The Morgan fingerprint density at radius 3 is 1.35 bits per heavy atom. The number of hydrogen-bond acceptors (Lipinski definition) is 12. The van der Waals surface area contributed by atoms with E-state index in [-0.39, 0.29) is 42.8 Å². The van der Waals surface area contributed by atoms with E-state index in [1.807, 2.05) is 146 Å². The lowest BCUT2D eigenvalue weighted by atomic mass is 9.98. The molecule has 3 rings (SSSR count). The van der Waals surface area contributed by atoms with Gasteiger partial charge in [0.2, 0.25) is 5.60 Å². The van der Waals surface area contributed by atoms with E-state index >= 15 is 0 Å². The van der Waals surface area contributed by atoms with Crippen LogP contribution in [0, 0.1) is 23.7 Å². The molecule has 0 spiro atoms. The minimum Gasteiger partial charge on any atom is -0.481 e. The molecule has 3 aromatic carbocycles. The highest BCUT2D eigenvalue weighted by atomic mass is 16.6. The predicted octanol–water partition coefficient (Wildman–Crippen LogP) is 13.4. The van der Waals surface area contributed by atoms with Gasteiger partial charge in [0.1, 0.15) is 6.29 Å². The van der Waals surface area contributed by atoms with Crippen LogP contribution in [0.3, 0.4) is 0 Å². The number of unbranched alkanes of at least 4 members (excludes halogenated alkanes) is 3. The smallest absolute Gasteiger partial charge is 0.345 e. The molecule has 0 aromatic heterocycles. The highest BCUT2D eigenvalue weighted by Gasteiger charge is 2.39. The molecule has 2 N–H and O–H groups in total. The summed E-state index contributed by atoms with van der Waals surface area (Å²) in [6.07, 6.45) is 16.6. The van der Waals surface area contributed by atoms with Crippen molar-refractivity contribution in [1.82, 2.24) is 0 Å². The number of benzene rings is 3. The van der Waals surface area contributed by atoms with E-state index < -0.39 is 23.3 Å². The van der Waals surface area contributed by atoms with Crippen LogP contribution < -0.4 is 0 Å². The number of hydrogen-bond donors (Lipinski definition) is 2. The third-order valence-corrected chi connectivity index (χ3v) is 9.61. The molecule has 0 saturated heterocycles.